The third kappa shape index (κ3) is 3.23. The Balaban J connectivity index is 3.16. The zero-order valence-electron chi connectivity index (χ0n) is 10.3. The zero-order valence-corrected chi connectivity index (χ0v) is 10.3. The first kappa shape index (κ1) is 13.1. The lowest BCUT2D eigenvalue weighted by molar-refractivity contribution is 0.0600. The van der Waals surface area contributed by atoms with Gasteiger partial charge >= 0.3 is 5.97 Å². The summed E-state index contributed by atoms with van der Waals surface area (Å²) < 4.78 is 4.70. The fourth-order valence-corrected chi connectivity index (χ4v) is 1.37. The first-order valence-corrected chi connectivity index (χ1v) is 5.22. The quantitative estimate of drug-likeness (QED) is 0.452. The molecule has 0 aromatic heterocycles. The Morgan fingerprint density at radius 3 is 2.82 bits per heavy atom. The van der Waals surface area contributed by atoms with Crippen LogP contribution in [0.15, 0.2) is 12.1 Å². The van der Waals surface area contributed by atoms with E-state index in [1.54, 1.807) is 19.1 Å². The van der Waals surface area contributed by atoms with E-state index in [0.29, 0.717) is 23.4 Å². The number of carbonyl (C=O) groups excluding carboxylic acids is 1. The molecule has 0 unspecified atom stereocenters. The van der Waals surface area contributed by atoms with Crippen LogP contribution in [0, 0.1) is 18.8 Å². The minimum atomic E-state index is -0.397. The van der Waals surface area contributed by atoms with Crippen molar-refractivity contribution in [3.05, 3.63) is 28.8 Å². The van der Waals surface area contributed by atoms with Crippen LogP contribution in [0.5, 0.6) is 0 Å². The maximum Gasteiger partial charge on any atom is 0.338 e. The van der Waals surface area contributed by atoms with E-state index in [2.05, 4.69) is 17.2 Å². The number of ether oxygens (including phenoxy) is 1. The summed E-state index contributed by atoms with van der Waals surface area (Å²) in [6.07, 6.45) is 0. The van der Waals surface area contributed by atoms with Crippen molar-refractivity contribution in [2.75, 3.05) is 26.4 Å². The molecule has 90 valence electrons. The zero-order chi connectivity index (χ0) is 12.8. The lowest BCUT2D eigenvalue weighted by Crippen LogP contribution is -2.07. The number of anilines is 1. The number of nitrogens with two attached hydrogens (primary N) is 1. The highest BCUT2D eigenvalue weighted by molar-refractivity contribution is 5.93. The highest BCUT2D eigenvalue weighted by Crippen LogP contribution is 2.19. The minimum Gasteiger partial charge on any atom is -0.465 e. The molecule has 0 radical (unpaired) electrons. The van der Waals surface area contributed by atoms with Crippen molar-refractivity contribution in [2.24, 2.45) is 0 Å². The molecule has 1 aromatic rings. The van der Waals surface area contributed by atoms with Crippen molar-refractivity contribution in [1.82, 2.24) is 5.32 Å². The van der Waals surface area contributed by atoms with Crippen LogP contribution in [0.3, 0.4) is 0 Å². The van der Waals surface area contributed by atoms with E-state index in [-0.39, 0.29) is 0 Å². The third-order valence-corrected chi connectivity index (χ3v) is 2.35. The van der Waals surface area contributed by atoms with Crippen LogP contribution in [0.1, 0.15) is 21.5 Å². The molecule has 0 aliphatic carbocycles. The van der Waals surface area contributed by atoms with Gasteiger partial charge in [-0.3, -0.25) is 0 Å². The standard InChI is InChI=1S/C13H16N2O2/c1-9-11(13(16)17-3)7-10(8-12(9)14)5-4-6-15-2/h7-8,15H,6,14H2,1-3H3. The fraction of sp³-hybridized carbons (Fsp3) is 0.308. The van der Waals surface area contributed by atoms with Crippen molar-refractivity contribution >= 4 is 11.7 Å². The van der Waals surface area contributed by atoms with Gasteiger partial charge in [0.25, 0.3) is 0 Å². The number of rotatable bonds is 2. The first-order valence-electron chi connectivity index (χ1n) is 5.22. The molecule has 4 nitrogen and oxygen atoms in total. The van der Waals surface area contributed by atoms with Crippen LogP contribution in [0.4, 0.5) is 5.69 Å². The molecule has 0 aliphatic rings. The van der Waals surface area contributed by atoms with Crippen LogP contribution in [-0.4, -0.2) is 26.7 Å². The Morgan fingerprint density at radius 2 is 2.24 bits per heavy atom. The van der Waals surface area contributed by atoms with Gasteiger partial charge in [-0.1, -0.05) is 11.8 Å². The lowest BCUT2D eigenvalue weighted by Gasteiger charge is -2.07. The van der Waals surface area contributed by atoms with Gasteiger partial charge in [0.15, 0.2) is 0 Å². The summed E-state index contributed by atoms with van der Waals surface area (Å²) in [4.78, 5) is 11.5. The average molecular weight is 232 g/mol. The van der Waals surface area contributed by atoms with Gasteiger partial charge in [-0.2, -0.15) is 0 Å². The highest BCUT2D eigenvalue weighted by atomic mass is 16.5. The van der Waals surface area contributed by atoms with Crippen LogP contribution in [0.25, 0.3) is 0 Å². The first-order chi connectivity index (χ1) is 8.10. The molecule has 0 saturated heterocycles. The summed E-state index contributed by atoms with van der Waals surface area (Å²) >= 11 is 0. The van der Waals surface area contributed by atoms with Gasteiger partial charge in [0.05, 0.1) is 19.2 Å². The molecule has 4 heteroatoms. The summed E-state index contributed by atoms with van der Waals surface area (Å²) in [5.74, 6) is 5.45. The Labute approximate surface area is 101 Å². The highest BCUT2D eigenvalue weighted by Gasteiger charge is 2.12. The lowest BCUT2D eigenvalue weighted by atomic mass is 10.0. The van der Waals surface area contributed by atoms with Gasteiger partial charge < -0.3 is 15.8 Å². The Kier molecular flexibility index (Phi) is 4.56. The smallest absolute Gasteiger partial charge is 0.338 e. The van der Waals surface area contributed by atoms with E-state index in [0.717, 1.165) is 5.56 Å². The van der Waals surface area contributed by atoms with Crippen LogP contribution in [-0.2, 0) is 4.74 Å². The summed E-state index contributed by atoms with van der Waals surface area (Å²) in [6.45, 7) is 2.37. The van der Waals surface area contributed by atoms with Crippen LogP contribution >= 0.6 is 0 Å². The summed E-state index contributed by atoms with van der Waals surface area (Å²) in [7, 11) is 3.16. The second-order valence-corrected chi connectivity index (χ2v) is 3.56. The fourth-order valence-electron chi connectivity index (χ4n) is 1.37. The molecule has 17 heavy (non-hydrogen) atoms. The van der Waals surface area contributed by atoms with Gasteiger partial charge in [-0.25, -0.2) is 4.79 Å². The molecule has 0 saturated carbocycles. The number of esters is 1. The number of hydrogen-bond acceptors (Lipinski definition) is 4. The van der Waals surface area contributed by atoms with Crippen molar-refractivity contribution in [3.63, 3.8) is 0 Å². The van der Waals surface area contributed by atoms with Gasteiger partial charge in [0, 0.05) is 11.3 Å². The SMILES string of the molecule is CNCC#Cc1cc(N)c(C)c(C(=O)OC)c1. The Bertz CT molecular complexity index is 484. The predicted molar refractivity (Wildman–Crippen MR) is 67.7 cm³/mol. The number of carbonyl (C=O) groups is 1. The molecule has 0 aliphatic heterocycles. The largest absolute Gasteiger partial charge is 0.465 e. The molecule has 0 fully saturated rings. The van der Waals surface area contributed by atoms with Crippen LogP contribution < -0.4 is 11.1 Å². The second-order valence-electron chi connectivity index (χ2n) is 3.56. The predicted octanol–water partition coefficient (Wildman–Crippen LogP) is 0.935. The van der Waals surface area contributed by atoms with Crippen LogP contribution in [0.2, 0.25) is 0 Å². The normalized spacial score (nSPS) is 9.35. The van der Waals surface area contributed by atoms with Gasteiger partial charge in [-0.05, 0) is 31.7 Å². The topological polar surface area (TPSA) is 64.3 Å². The van der Waals surface area contributed by atoms with E-state index in [1.165, 1.54) is 7.11 Å². The monoisotopic (exact) mass is 232 g/mol. The summed E-state index contributed by atoms with van der Waals surface area (Å²) in [6, 6.07) is 3.45. The van der Waals surface area contributed by atoms with E-state index in [1.807, 2.05) is 7.05 Å². The summed E-state index contributed by atoms with van der Waals surface area (Å²) in [5, 5.41) is 2.92. The van der Waals surface area contributed by atoms with E-state index in [9.17, 15) is 4.79 Å². The van der Waals surface area contributed by atoms with Gasteiger partial charge in [0.1, 0.15) is 0 Å². The van der Waals surface area contributed by atoms with E-state index in [4.69, 9.17) is 10.5 Å². The van der Waals surface area contributed by atoms with E-state index < -0.39 is 5.97 Å². The number of benzene rings is 1. The average Bonchev–Trinajstić information content (AvgIpc) is 2.32. The molecule has 0 spiro atoms. The second kappa shape index (κ2) is 5.92. The Hall–Kier alpha value is -1.99. The van der Waals surface area contributed by atoms with Crippen molar-refractivity contribution in [3.8, 4) is 11.8 Å². The van der Waals surface area contributed by atoms with Crippen molar-refractivity contribution in [1.29, 1.82) is 0 Å². The van der Waals surface area contributed by atoms with Crippen molar-refractivity contribution in [2.45, 2.75) is 6.92 Å². The summed E-state index contributed by atoms with van der Waals surface area (Å²) in [5.41, 5.74) is 8.26. The number of nitrogen functional groups attached to an aromatic ring is 1. The number of hydrogen-bond donors (Lipinski definition) is 2. The molecule has 0 amide bonds. The molecule has 0 heterocycles. The molecular formula is C13H16N2O2. The molecule has 0 bridgehead atoms. The van der Waals surface area contributed by atoms with Gasteiger partial charge in [0.2, 0.25) is 0 Å². The van der Waals surface area contributed by atoms with E-state index >= 15 is 0 Å². The molecule has 3 N–H and O–H groups in total. The molecule has 0 atom stereocenters. The Morgan fingerprint density at radius 1 is 1.53 bits per heavy atom. The maximum atomic E-state index is 11.5. The minimum absolute atomic E-state index is 0.397. The maximum absolute atomic E-state index is 11.5. The van der Waals surface area contributed by atoms with Gasteiger partial charge in [-0.15, -0.1) is 0 Å². The van der Waals surface area contributed by atoms with Crippen molar-refractivity contribution < 1.29 is 9.53 Å². The number of nitrogens with one attached hydrogen (secondary N) is 1. The third-order valence-electron chi connectivity index (χ3n) is 2.35. The number of methoxy groups -OCH3 is 1. The molecular weight excluding hydrogens is 216 g/mol. The molecule has 1 rings (SSSR count). The molecule has 1 aromatic carbocycles.